The molecule has 0 radical (unpaired) electrons. The van der Waals surface area contributed by atoms with Crippen molar-refractivity contribution in [3.63, 3.8) is 0 Å². The van der Waals surface area contributed by atoms with E-state index in [1.807, 2.05) is 27.7 Å². The summed E-state index contributed by atoms with van der Waals surface area (Å²) in [5.74, 6) is -1.19. The van der Waals surface area contributed by atoms with E-state index in [-0.39, 0.29) is 23.5 Å². The standard InChI is InChI=1S/C13H25N3O3S/c1-7(2)5-9(12(14)18)15-13(19)11(8(3)4)16-10(17)6-20/h7-9,11,20H,5-6H2,1-4H3,(H2,14,18)(H,15,19)(H,16,17)/t9-,11-/m0/s1. The van der Waals surface area contributed by atoms with Crippen LogP contribution in [0.1, 0.15) is 34.1 Å². The molecule has 0 fully saturated rings. The predicted molar refractivity (Wildman–Crippen MR) is 81.2 cm³/mol. The molecule has 0 spiro atoms. The molecule has 0 aromatic carbocycles. The minimum absolute atomic E-state index is 0.00173. The van der Waals surface area contributed by atoms with E-state index >= 15 is 0 Å². The molecule has 0 heterocycles. The van der Waals surface area contributed by atoms with Crippen molar-refractivity contribution in [3.05, 3.63) is 0 Å². The van der Waals surface area contributed by atoms with Crippen molar-refractivity contribution in [2.75, 3.05) is 5.75 Å². The summed E-state index contributed by atoms with van der Waals surface area (Å²) in [6.07, 6.45) is 0.465. The molecule has 0 rings (SSSR count). The van der Waals surface area contributed by atoms with Crippen LogP contribution >= 0.6 is 12.6 Å². The zero-order valence-corrected chi connectivity index (χ0v) is 13.4. The quantitative estimate of drug-likeness (QED) is 0.477. The summed E-state index contributed by atoms with van der Waals surface area (Å²) < 4.78 is 0. The third kappa shape index (κ3) is 6.79. The van der Waals surface area contributed by atoms with Crippen molar-refractivity contribution < 1.29 is 14.4 Å². The second kappa shape index (κ2) is 8.84. The second-order valence-corrected chi connectivity index (χ2v) is 5.86. The SMILES string of the molecule is CC(C)C[C@H](NC(=O)[C@@H](NC(=O)CS)C(C)C)C(N)=O. The van der Waals surface area contributed by atoms with Crippen LogP contribution in [-0.2, 0) is 14.4 Å². The maximum absolute atomic E-state index is 12.2. The first-order chi connectivity index (χ1) is 9.18. The third-order valence-corrected chi connectivity index (χ3v) is 3.06. The minimum Gasteiger partial charge on any atom is -0.368 e. The van der Waals surface area contributed by atoms with Gasteiger partial charge in [0.15, 0.2) is 0 Å². The van der Waals surface area contributed by atoms with E-state index < -0.39 is 23.9 Å². The Bertz CT molecular complexity index is 359. The number of carbonyl (C=O) groups is 3. The molecule has 0 aromatic heterocycles. The number of nitrogens with two attached hydrogens (primary N) is 1. The number of rotatable bonds is 8. The molecule has 4 N–H and O–H groups in total. The topological polar surface area (TPSA) is 101 Å². The average molecular weight is 303 g/mol. The van der Waals surface area contributed by atoms with Gasteiger partial charge in [-0.15, -0.1) is 0 Å². The Kier molecular flexibility index (Phi) is 8.29. The Morgan fingerprint density at radius 1 is 1.10 bits per heavy atom. The normalized spacial score (nSPS) is 13.9. The van der Waals surface area contributed by atoms with E-state index in [9.17, 15) is 14.4 Å². The zero-order chi connectivity index (χ0) is 15.9. The average Bonchev–Trinajstić information content (AvgIpc) is 2.33. The van der Waals surface area contributed by atoms with E-state index in [1.165, 1.54) is 0 Å². The number of thiol groups is 1. The summed E-state index contributed by atoms with van der Waals surface area (Å²) in [5.41, 5.74) is 5.28. The molecule has 2 atom stereocenters. The molecular formula is C13H25N3O3S. The van der Waals surface area contributed by atoms with Gasteiger partial charge >= 0.3 is 0 Å². The van der Waals surface area contributed by atoms with Crippen molar-refractivity contribution in [2.45, 2.75) is 46.2 Å². The lowest BCUT2D eigenvalue weighted by Crippen LogP contribution is -2.55. The fraction of sp³-hybridized carbons (Fsp3) is 0.769. The Morgan fingerprint density at radius 3 is 2.00 bits per heavy atom. The molecule has 6 nitrogen and oxygen atoms in total. The van der Waals surface area contributed by atoms with E-state index in [2.05, 4.69) is 23.3 Å². The second-order valence-electron chi connectivity index (χ2n) is 5.54. The van der Waals surface area contributed by atoms with Gasteiger partial charge in [0.2, 0.25) is 17.7 Å². The van der Waals surface area contributed by atoms with Gasteiger partial charge < -0.3 is 16.4 Å². The fourth-order valence-electron chi connectivity index (χ4n) is 1.73. The van der Waals surface area contributed by atoms with Gasteiger partial charge in [-0.25, -0.2) is 0 Å². The van der Waals surface area contributed by atoms with Gasteiger partial charge in [-0.1, -0.05) is 27.7 Å². The summed E-state index contributed by atoms with van der Waals surface area (Å²) in [6, 6.07) is -1.43. The van der Waals surface area contributed by atoms with Crippen LogP contribution in [0, 0.1) is 11.8 Å². The van der Waals surface area contributed by atoms with Crippen molar-refractivity contribution in [2.24, 2.45) is 17.6 Å². The zero-order valence-electron chi connectivity index (χ0n) is 12.5. The molecule has 0 aliphatic carbocycles. The number of primary amides is 1. The molecule has 20 heavy (non-hydrogen) atoms. The maximum Gasteiger partial charge on any atom is 0.243 e. The Labute approximate surface area is 125 Å². The highest BCUT2D eigenvalue weighted by Crippen LogP contribution is 2.07. The number of amides is 3. The highest BCUT2D eigenvalue weighted by atomic mass is 32.1. The summed E-state index contributed by atoms with van der Waals surface area (Å²) in [5, 5.41) is 5.19. The van der Waals surface area contributed by atoms with Crippen LogP contribution in [0.25, 0.3) is 0 Å². The summed E-state index contributed by atoms with van der Waals surface area (Å²) >= 11 is 3.86. The Morgan fingerprint density at radius 2 is 1.65 bits per heavy atom. The molecule has 0 saturated heterocycles. The van der Waals surface area contributed by atoms with Crippen LogP contribution in [-0.4, -0.2) is 35.6 Å². The molecule has 3 amide bonds. The van der Waals surface area contributed by atoms with Gasteiger partial charge in [0.25, 0.3) is 0 Å². The van der Waals surface area contributed by atoms with E-state index in [1.54, 1.807) is 0 Å². The highest BCUT2D eigenvalue weighted by Gasteiger charge is 2.27. The Balaban J connectivity index is 4.79. The van der Waals surface area contributed by atoms with Gasteiger partial charge in [-0.3, -0.25) is 14.4 Å². The van der Waals surface area contributed by atoms with E-state index in [0.29, 0.717) is 6.42 Å². The Hall–Kier alpha value is -1.24. The lowest BCUT2D eigenvalue weighted by molar-refractivity contribution is -0.131. The van der Waals surface area contributed by atoms with Crippen LogP contribution in [0.2, 0.25) is 0 Å². The lowest BCUT2D eigenvalue weighted by Gasteiger charge is -2.24. The maximum atomic E-state index is 12.2. The van der Waals surface area contributed by atoms with Gasteiger partial charge in [0.05, 0.1) is 5.75 Å². The van der Waals surface area contributed by atoms with Crippen molar-refractivity contribution in [1.29, 1.82) is 0 Å². The third-order valence-electron chi connectivity index (χ3n) is 2.78. The number of nitrogens with one attached hydrogen (secondary N) is 2. The van der Waals surface area contributed by atoms with Crippen LogP contribution in [0.5, 0.6) is 0 Å². The van der Waals surface area contributed by atoms with Crippen LogP contribution < -0.4 is 16.4 Å². The number of hydrogen-bond acceptors (Lipinski definition) is 4. The van der Waals surface area contributed by atoms with Crippen LogP contribution in [0.15, 0.2) is 0 Å². The lowest BCUT2D eigenvalue weighted by atomic mass is 10.00. The molecular weight excluding hydrogens is 278 g/mol. The van der Waals surface area contributed by atoms with Gasteiger partial charge in [0, 0.05) is 0 Å². The number of carbonyl (C=O) groups excluding carboxylic acids is 3. The van der Waals surface area contributed by atoms with Crippen molar-refractivity contribution >= 4 is 30.4 Å². The fourth-order valence-corrected chi connectivity index (χ4v) is 1.82. The monoisotopic (exact) mass is 303 g/mol. The summed E-state index contributed by atoms with van der Waals surface area (Å²) in [6.45, 7) is 7.49. The van der Waals surface area contributed by atoms with Crippen LogP contribution in [0.4, 0.5) is 0 Å². The van der Waals surface area contributed by atoms with Crippen molar-refractivity contribution in [3.8, 4) is 0 Å². The summed E-state index contributed by atoms with van der Waals surface area (Å²) in [4.78, 5) is 34.9. The van der Waals surface area contributed by atoms with Gasteiger partial charge in [-0.05, 0) is 18.3 Å². The first-order valence-electron chi connectivity index (χ1n) is 6.68. The first kappa shape index (κ1) is 18.8. The van der Waals surface area contributed by atoms with Crippen molar-refractivity contribution in [1.82, 2.24) is 10.6 Å². The molecule has 0 aromatic rings. The predicted octanol–water partition coefficient (Wildman–Crippen LogP) is 0.0732. The van der Waals surface area contributed by atoms with E-state index in [4.69, 9.17) is 5.73 Å². The first-order valence-corrected chi connectivity index (χ1v) is 7.32. The molecule has 116 valence electrons. The number of hydrogen-bond donors (Lipinski definition) is 4. The van der Waals surface area contributed by atoms with Gasteiger partial charge in [-0.2, -0.15) is 12.6 Å². The summed E-state index contributed by atoms with van der Waals surface area (Å²) in [7, 11) is 0. The molecule has 0 saturated carbocycles. The molecule has 0 aliphatic rings. The molecule has 0 aliphatic heterocycles. The highest BCUT2D eigenvalue weighted by molar-refractivity contribution is 7.81. The molecule has 7 heteroatoms. The molecule has 0 bridgehead atoms. The molecule has 0 unspecified atom stereocenters. The minimum atomic E-state index is -0.725. The van der Waals surface area contributed by atoms with Crippen LogP contribution in [0.3, 0.4) is 0 Å². The van der Waals surface area contributed by atoms with Gasteiger partial charge in [0.1, 0.15) is 12.1 Å². The van der Waals surface area contributed by atoms with E-state index in [0.717, 1.165) is 0 Å². The smallest absolute Gasteiger partial charge is 0.243 e. The largest absolute Gasteiger partial charge is 0.368 e.